The first-order chi connectivity index (χ1) is 9.55. The number of hydrogen-bond acceptors (Lipinski definition) is 3. The molecule has 0 aromatic carbocycles. The molecule has 0 saturated heterocycles. The third-order valence-corrected chi connectivity index (χ3v) is 3.02. The third kappa shape index (κ3) is 5.89. The second-order valence-corrected chi connectivity index (χ2v) is 4.81. The molecule has 0 bridgehead atoms. The van der Waals surface area contributed by atoms with Crippen molar-refractivity contribution in [3.8, 4) is 0 Å². The second-order valence-electron chi connectivity index (χ2n) is 4.54. The molecular weight excluding hydrogens is 272 g/mol. The van der Waals surface area contributed by atoms with Crippen LogP contribution in [0.5, 0.6) is 0 Å². The van der Waals surface area contributed by atoms with E-state index in [0.29, 0.717) is 23.4 Å². The number of nitrogen functional groups attached to an aromatic ring is 1. The summed E-state index contributed by atoms with van der Waals surface area (Å²) >= 11 is 5.81. The highest BCUT2D eigenvalue weighted by atomic mass is 35.5. The second kappa shape index (κ2) is 8.38. The summed E-state index contributed by atoms with van der Waals surface area (Å²) in [5.74, 6) is 2.27. The molecule has 0 aliphatic carbocycles. The fourth-order valence-electron chi connectivity index (χ4n) is 1.30. The van der Waals surface area contributed by atoms with Crippen LogP contribution in [0.1, 0.15) is 27.2 Å². The van der Waals surface area contributed by atoms with E-state index in [0.717, 1.165) is 12.0 Å². The molecule has 3 N–H and O–H groups in total. The summed E-state index contributed by atoms with van der Waals surface area (Å²) in [6, 6.07) is 5.42. The average molecular weight is 293 g/mol. The molecule has 0 aliphatic rings. The van der Waals surface area contributed by atoms with Gasteiger partial charge in [-0.3, -0.25) is 0 Å². The zero-order valence-corrected chi connectivity index (χ0v) is 12.9. The van der Waals surface area contributed by atoms with Gasteiger partial charge in [-0.25, -0.2) is 9.98 Å². The van der Waals surface area contributed by atoms with Crippen LogP contribution < -0.4 is 11.1 Å². The number of rotatable bonds is 5. The van der Waals surface area contributed by atoms with Crippen LogP contribution in [-0.2, 0) is 0 Å². The highest BCUT2D eigenvalue weighted by molar-refractivity contribution is 6.20. The Morgan fingerprint density at radius 2 is 2.15 bits per heavy atom. The Labute approximate surface area is 125 Å². The number of halogens is 1. The minimum Gasteiger partial charge on any atom is -0.384 e. The number of nitrogens with zero attached hydrogens (tertiary/aromatic N) is 2. The van der Waals surface area contributed by atoms with Gasteiger partial charge in [0.2, 0.25) is 0 Å². The molecule has 0 amide bonds. The van der Waals surface area contributed by atoms with Gasteiger partial charge in [0.15, 0.2) is 0 Å². The van der Waals surface area contributed by atoms with E-state index in [-0.39, 0.29) is 0 Å². The van der Waals surface area contributed by atoms with Crippen molar-refractivity contribution in [1.29, 1.82) is 0 Å². The maximum absolute atomic E-state index is 5.81. The molecule has 4 nitrogen and oxygen atoms in total. The zero-order chi connectivity index (χ0) is 15.0. The molecule has 1 heterocycles. The maximum Gasteiger partial charge on any atom is 0.133 e. The van der Waals surface area contributed by atoms with Crippen molar-refractivity contribution in [3.05, 3.63) is 41.6 Å². The number of nitrogens with one attached hydrogen (secondary N) is 1. The van der Waals surface area contributed by atoms with Gasteiger partial charge in [-0.1, -0.05) is 24.1 Å². The largest absolute Gasteiger partial charge is 0.384 e. The number of aromatic nitrogens is 1. The molecule has 1 aromatic rings. The number of anilines is 2. The number of nitrogens with two attached hydrogens (primary N) is 1. The van der Waals surface area contributed by atoms with Gasteiger partial charge in [0.05, 0.1) is 0 Å². The lowest BCUT2D eigenvalue weighted by Crippen LogP contribution is -2.11. The van der Waals surface area contributed by atoms with Gasteiger partial charge in [0.1, 0.15) is 17.5 Å². The molecule has 0 fully saturated rings. The minimum atomic E-state index is 0.460. The number of hydrogen-bond donors (Lipinski definition) is 2. The van der Waals surface area contributed by atoms with Gasteiger partial charge < -0.3 is 11.1 Å². The lowest BCUT2D eigenvalue weighted by atomic mass is 10.2. The standard InChI is InChI=1S/C15H21ClN4/c1-4-11(2)10-18-15(8-12(3)9-16)20-14-7-5-6-13(17)19-14/h5-8,10H,4,9H2,1-3H3,(H3,17,18,19,20). The molecule has 0 spiro atoms. The van der Waals surface area contributed by atoms with Gasteiger partial charge in [0, 0.05) is 12.1 Å². The van der Waals surface area contributed by atoms with Crippen molar-refractivity contribution in [1.82, 2.24) is 4.98 Å². The number of allylic oxidation sites excluding steroid dienone is 2. The highest BCUT2D eigenvalue weighted by Crippen LogP contribution is 2.08. The molecule has 0 aliphatic heterocycles. The first-order valence-electron chi connectivity index (χ1n) is 6.51. The van der Waals surface area contributed by atoms with Crippen LogP contribution >= 0.6 is 11.6 Å². The van der Waals surface area contributed by atoms with Crippen LogP contribution in [0.25, 0.3) is 0 Å². The number of alkyl halides is 1. The summed E-state index contributed by atoms with van der Waals surface area (Å²) in [7, 11) is 0. The van der Waals surface area contributed by atoms with Gasteiger partial charge in [-0.15, -0.1) is 11.6 Å². The third-order valence-electron chi connectivity index (χ3n) is 2.60. The Balaban J connectivity index is 2.99. The van der Waals surface area contributed by atoms with Crippen LogP contribution in [0.4, 0.5) is 11.6 Å². The van der Waals surface area contributed by atoms with Crippen LogP contribution in [-0.4, -0.2) is 16.7 Å². The predicted octanol–water partition coefficient (Wildman–Crippen LogP) is 3.97. The van der Waals surface area contributed by atoms with Gasteiger partial charge in [-0.2, -0.15) is 0 Å². The Bertz CT molecular complexity index is 532. The SMILES string of the molecule is CCC(C)=CN=C(C=C(C)CCl)Nc1cccc(N)n1. The monoisotopic (exact) mass is 292 g/mol. The van der Waals surface area contributed by atoms with E-state index in [9.17, 15) is 0 Å². The van der Waals surface area contributed by atoms with Gasteiger partial charge in [-0.05, 0) is 38.5 Å². The molecule has 1 aromatic heterocycles. The van der Waals surface area contributed by atoms with E-state index in [1.165, 1.54) is 5.57 Å². The molecule has 0 unspecified atom stereocenters. The summed E-state index contributed by atoms with van der Waals surface area (Å²) in [6.07, 6.45) is 4.70. The van der Waals surface area contributed by atoms with Crippen LogP contribution in [0.3, 0.4) is 0 Å². The van der Waals surface area contributed by atoms with Gasteiger partial charge >= 0.3 is 0 Å². The summed E-state index contributed by atoms with van der Waals surface area (Å²) < 4.78 is 0. The lowest BCUT2D eigenvalue weighted by molar-refractivity contribution is 1.09. The first kappa shape index (κ1) is 16.2. The van der Waals surface area contributed by atoms with Crippen LogP contribution in [0, 0.1) is 0 Å². The molecule has 20 heavy (non-hydrogen) atoms. The zero-order valence-electron chi connectivity index (χ0n) is 12.2. The molecular formula is C15H21ClN4. The Hall–Kier alpha value is -1.81. The fraction of sp³-hybridized carbons (Fsp3) is 0.333. The van der Waals surface area contributed by atoms with Gasteiger partial charge in [0.25, 0.3) is 0 Å². The number of amidine groups is 1. The summed E-state index contributed by atoms with van der Waals surface area (Å²) in [5.41, 5.74) is 7.88. The van der Waals surface area contributed by atoms with E-state index >= 15 is 0 Å². The van der Waals surface area contributed by atoms with Crippen molar-refractivity contribution >= 4 is 29.1 Å². The summed E-state index contributed by atoms with van der Waals surface area (Å²) in [4.78, 5) is 8.63. The highest BCUT2D eigenvalue weighted by Gasteiger charge is 1.99. The van der Waals surface area contributed by atoms with Crippen molar-refractivity contribution in [2.24, 2.45) is 4.99 Å². The number of pyridine rings is 1. The maximum atomic E-state index is 5.81. The fourth-order valence-corrected chi connectivity index (χ4v) is 1.38. The minimum absolute atomic E-state index is 0.460. The molecule has 108 valence electrons. The summed E-state index contributed by atoms with van der Waals surface area (Å²) in [6.45, 7) is 6.08. The predicted molar refractivity (Wildman–Crippen MR) is 88.2 cm³/mol. The van der Waals surface area contributed by atoms with E-state index < -0.39 is 0 Å². The lowest BCUT2D eigenvalue weighted by Gasteiger charge is -2.06. The molecule has 0 atom stereocenters. The van der Waals surface area contributed by atoms with Crippen LogP contribution in [0.2, 0.25) is 0 Å². The molecule has 0 saturated carbocycles. The molecule has 5 heteroatoms. The molecule has 0 radical (unpaired) electrons. The Morgan fingerprint density at radius 1 is 1.40 bits per heavy atom. The average Bonchev–Trinajstić information content (AvgIpc) is 2.44. The van der Waals surface area contributed by atoms with E-state index in [4.69, 9.17) is 17.3 Å². The van der Waals surface area contributed by atoms with Crippen molar-refractivity contribution in [3.63, 3.8) is 0 Å². The summed E-state index contributed by atoms with van der Waals surface area (Å²) in [5, 5.41) is 3.14. The van der Waals surface area contributed by atoms with Crippen molar-refractivity contribution in [2.75, 3.05) is 16.9 Å². The first-order valence-corrected chi connectivity index (χ1v) is 7.04. The normalized spacial score (nSPS) is 13.5. The van der Waals surface area contributed by atoms with Crippen molar-refractivity contribution in [2.45, 2.75) is 27.2 Å². The quantitative estimate of drug-likeness (QED) is 0.490. The van der Waals surface area contributed by atoms with Crippen LogP contribution in [0.15, 0.2) is 46.6 Å². The smallest absolute Gasteiger partial charge is 0.133 e. The van der Waals surface area contributed by atoms with E-state index in [1.807, 2.05) is 38.3 Å². The number of aliphatic imine (C=N–C) groups is 1. The molecule has 1 rings (SSSR count). The Kier molecular flexibility index (Phi) is 6.81. The topological polar surface area (TPSA) is 63.3 Å². The van der Waals surface area contributed by atoms with Crippen molar-refractivity contribution < 1.29 is 0 Å². The van der Waals surface area contributed by atoms with E-state index in [1.54, 1.807) is 6.07 Å². The Morgan fingerprint density at radius 3 is 2.75 bits per heavy atom. The van der Waals surface area contributed by atoms with E-state index in [2.05, 4.69) is 22.2 Å².